The second kappa shape index (κ2) is 11.7. The van der Waals surface area contributed by atoms with Crippen molar-refractivity contribution in [3.8, 4) is 0 Å². The Balaban J connectivity index is 1.79. The van der Waals surface area contributed by atoms with E-state index in [4.69, 9.17) is 4.74 Å². The summed E-state index contributed by atoms with van der Waals surface area (Å²) in [6.07, 6.45) is 4.87. The van der Waals surface area contributed by atoms with E-state index in [1.807, 2.05) is 0 Å². The molecule has 1 aliphatic carbocycles. The first-order chi connectivity index (χ1) is 16.9. The van der Waals surface area contributed by atoms with Gasteiger partial charge in [0.25, 0.3) is 0 Å². The fraction of sp³-hybridized carbons (Fsp3) is 0.375. The molecule has 186 valence electrons. The second-order valence-electron chi connectivity index (χ2n) is 10.6. The van der Waals surface area contributed by atoms with E-state index in [-0.39, 0.29) is 11.8 Å². The first-order valence-corrected chi connectivity index (χ1v) is 15.2. The molecule has 1 saturated carbocycles. The monoisotopic (exact) mass is 488 g/mol. The minimum atomic E-state index is -2.64. The zero-order chi connectivity index (χ0) is 24.8. The van der Waals surface area contributed by atoms with Crippen molar-refractivity contribution in [2.75, 3.05) is 0 Å². The van der Waals surface area contributed by atoms with Crippen molar-refractivity contribution >= 4 is 23.2 Å². The van der Waals surface area contributed by atoms with Crippen LogP contribution in [0.3, 0.4) is 0 Å². The molecule has 35 heavy (non-hydrogen) atoms. The average molecular weight is 489 g/mol. The summed E-state index contributed by atoms with van der Waals surface area (Å²) in [4.78, 5) is 0. The molecule has 1 fully saturated rings. The molecule has 3 aromatic carbocycles. The third-order valence-corrected chi connectivity index (χ3v) is 13.1. The van der Waals surface area contributed by atoms with Gasteiger partial charge in [-0.1, -0.05) is 0 Å². The summed E-state index contributed by atoms with van der Waals surface area (Å²) >= 11 is 0. The van der Waals surface area contributed by atoms with E-state index in [2.05, 4.69) is 125 Å². The Kier molecular flexibility index (Phi) is 8.60. The Morgan fingerprint density at radius 1 is 0.829 bits per heavy atom. The van der Waals surface area contributed by atoms with Crippen LogP contribution in [0.2, 0.25) is 0 Å². The van der Waals surface area contributed by atoms with Gasteiger partial charge < -0.3 is 0 Å². The summed E-state index contributed by atoms with van der Waals surface area (Å²) in [5.41, 5.74) is 1.24. The van der Waals surface area contributed by atoms with Crippen molar-refractivity contribution in [2.24, 2.45) is 11.8 Å². The summed E-state index contributed by atoms with van der Waals surface area (Å²) in [6, 6.07) is 32.4. The Bertz CT molecular complexity index is 980. The van der Waals surface area contributed by atoms with Crippen LogP contribution >= 0.6 is 7.26 Å². The molecule has 0 spiro atoms. The molecule has 0 radical (unpaired) electrons. The SMILES string of the molecule is CC(C)=CC1CC[C@@H](C)C[C@H]1OC(O)C(C)[PH](c1ccccc1)(c1ccccc1)c1ccccc1. The van der Waals surface area contributed by atoms with Gasteiger partial charge in [0.05, 0.1) is 0 Å². The van der Waals surface area contributed by atoms with Gasteiger partial charge in [0.1, 0.15) is 0 Å². The predicted octanol–water partition coefficient (Wildman–Crippen LogP) is 6.21. The van der Waals surface area contributed by atoms with Crippen LogP contribution in [-0.2, 0) is 4.74 Å². The molecule has 0 heterocycles. The Morgan fingerprint density at radius 2 is 1.29 bits per heavy atom. The van der Waals surface area contributed by atoms with Crippen LogP contribution in [0.5, 0.6) is 0 Å². The molecule has 0 bridgehead atoms. The van der Waals surface area contributed by atoms with E-state index in [1.165, 1.54) is 27.9 Å². The molecule has 3 aromatic rings. The standard InChI is InChI=1S/C32H41O2P/c1-24(2)22-27-21-20-25(3)23-31(27)34-32(33)26(4)35(28-14-8-5-9-15-28,29-16-10-6-11-17-29)30-18-12-7-13-19-30/h5-19,22,25-27,31-33,35H,20-21,23H2,1-4H3/t25-,26?,27?,31-,32?/m1/s1. The van der Waals surface area contributed by atoms with Gasteiger partial charge in [0.15, 0.2) is 0 Å². The maximum atomic E-state index is 11.8. The van der Waals surface area contributed by atoms with Gasteiger partial charge in [-0.2, -0.15) is 0 Å². The molecular formula is C32H41O2P. The summed E-state index contributed by atoms with van der Waals surface area (Å²) in [5.74, 6) is 0.975. The molecule has 5 atom stereocenters. The van der Waals surface area contributed by atoms with Gasteiger partial charge in [-0.15, -0.1) is 0 Å². The number of allylic oxidation sites excluding steroid dienone is 1. The number of benzene rings is 3. The van der Waals surface area contributed by atoms with Crippen molar-refractivity contribution in [2.45, 2.75) is 65.0 Å². The number of aliphatic hydroxyl groups is 1. The Labute approximate surface area is 212 Å². The quantitative estimate of drug-likeness (QED) is 0.232. The molecule has 0 aromatic heterocycles. The molecule has 0 aliphatic heterocycles. The maximum absolute atomic E-state index is 11.8. The van der Waals surface area contributed by atoms with Crippen molar-refractivity contribution in [3.05, 3.63) is 103 Å². The van der Waals surface area contributed by atoms with Crippen LogP contribution in [0.1, 0.15) is 47.0 Å². The summed E-state index contributed by atoms with van der Waals surface area (Å²) in [5, 5.41) is 15.7. The third kappa shape index (κ3) is 5.61. The molecule has 0 amide bonds. The molecule has 0 saturated heterocycles. The van der Waals surface area contributed by atoms with Gasteiger partial charge in [-0.25, -0.2) is 0 Å². The summed E-state index contributed by atoms with van der Waals surface area (Å²) < 4.78 is 6.65. The van der Waals surface area contributed by atoms with E-state index in [0.29, 0.717) is 11.8 Å². The van der Waals surface area contributed by atoms with Crippen molar-refractivity contribution < 1.29 is 9.84 Å². The van der Waals surface area contributed by atoms with E-state index >= 15 is 0 Å². The van der Waals surface area contributed by atoms with Gasteiger partial charge in [0, 0.05) is 0 Å². The van der Waals surface area contributed by atoms with Gasteiger partial charge in [-0.3, -0.25) is 0 Å². The topological polar surface area (TPSA) is 29.5 Å². The van der Waals surface area contributed by atoms with Gasteiger partial charge in [-0.05, 0) is 0 Å². The third-order valence-electron chi connectivity index (χ3n) is 7.76. The minimum absolute atomic E-state index is 0.0418. The van der Waals surface area contributed by atoms with Crippen LogP contribution in [0.25, 0.3) is 0 Å². The number of hydrogen-bond donors (Lipinski definition) is 1. The van der Waals surface area contributed by atoms with Crippen LogP contribution in [0.15, 0.2) is 103 Å². The molecule has 1 aliphatic rings. The first-order valence-electron chi connectivity index (χ1n) is 13.1. The van der Waals surface area contributed by atoms with Crippen LogP contribution in [-0.4, -0.2) is 23.2 Å². The number of rotatable bonds is 8. The average Bonchev–Trinajstić information content (AvgIpc) is 2.88. The number of hydrogen-bond acceptors (Lipinski definition) is 2. The molecule has 4 rings (SSSR count). The van der Waals surface area contributed by atoms with Crippen LogP contribution in [0.4, 0.5) is 0 Å². The zero-order valence-electron chi connectivity index (χ0n) is 21.6. The van der Waals surface area contributed by atoms with E-state index in [9.17, 15) is 5.11 Å². The normalized spacial score (nSPS) is 22.7. The van der Waals surface area contributed by atoms with E-state index in [0.717, 1.165) is 12.8 Å². The van der Waals surface area contributed by atoms with E-state index in [1.54, 1.807) is 0 Å². The second-order valence-corrected chi connectivity index (χ2v) is 14.8. The molecule has 3 heteroatoms. The van der Waals surface area contributed by atoms with Crippen molar-refractivity contribution in [1.82, 2.24) is 0 Å². The van der Waals surface area contributed by atoms with Crippen LogP contribution < -0.4 is 15.9 Å². The van der Waals surface area contributed by atoms with Gasteiger partial charge >= 0.3 is 213 Å². The van der Waals surface area contributed by atoms with E-state index < -0.39 is 13.6 Å². The summed E-state index contributed by atoms with van der Waals surface area (Å²) in [7, 11) is -2.64. The fourth-order valence-corrected chi connectivity index (χ4v) is 11.3. The zero-order valence-corrected chi connectivity index (χ0v) is 22.6. The van der Waals surface area contributed by atoms with Gasteiger partial charge in [0.2, 0.25) is 0 Å². The Hall–Kier alpha value is -2.25. The summed E-state index contributed by atoms with van der Waals surface area (Å²) in [6.45, 7) is 8.83. The van der Waals surface area contributed by atoms with Crippen LogP contribution in [0, 0.1) is 11.8 Å². The predicted molar refractivity (Wildman–Crippen MR) is 153 cm³/mol. The van der Waals surface area contributed by atoms with Crippen molar-refractivity contribution in [1.29, 1.82) is 0 Å². The number of aliphatic hydroxyl groups excluding tert-OH is 1. The van der Waals surface area contributed by atoms with Crippen molar-refractivity contribution in [3.63, 3.8) is 0 Å². The molecule has 1 N–H and O–H groups in total. The fourth-order valence-electron chi connectivity index (χ4n) is 6.03. The Morgan fingerprint density at radius 3 is 1.71 bits per heavy atom. The molecule has 2 nitrogen and oxygen atoms in total. The first kappa shape index (κ1) is 25.8. The molecular weight excluding hydrogens is 447 g/mol. The number of ether oxygens (including phenoxy) is 1. The molecule has 3 unspecified atom stereocenters.